The molecule has 0 radical (unpaired) electrons. The minimum atomic E-state index is 0.412. The molecule has 1 saturated carbocycles. The Balaban J connectivity index is 2.41. The average Bonchev–Trinajstić information content (AvgIpc) is 2.45. The fourth-order valence-corrected chi connectivity index (χ4v) is 2.33. The van der Waals surface area contributed by atoms with Gasteiger partial charge in [-0.05, 0) is 37.1 Å². The predicted octanol–water partition coefficient (Wildman–Crippen LogP) is 1.79. The topological polar surface area (TPSA) is 35.2 Å². The molecule has 0 spiro atoms. The maximum Gasteiger partial charge on any atom is 0.0468 e. The van der Waals surface area contributed by atoms with Gasteiger partial charge in [0.25, 0.3) is 0 Å². The van der Waals surface area contributed by atoms with Gasteiger partial charge < -0.3 is 10.5 Å². The zero-order chi connectivity index (χ0) is 9.03. The molecule has 72 valence electrons. The molecule has 0 heterocycles. The monoisotopic (exact) mass is 171 g/mol. The maximum atomic E-state index is 5.82. The van der Waals surface area contributed by atoms with Crippen LogP contribution in [0.2, 0.25) is 0 Å². The SMILES string of the molecule is COCCC1(CN)CCC(C)C1. The minimum absolute atomic E-state index is 0.412. The fraction of sp³-hybridized carbons (Fsp3) is 1.00. The van der Waals surface area contributed by atoms with Gasteiger partial charge in [0, 0.05) is 13.7 Å². The Kier molecular flexibility index (Phi) is 3.53. The summed E-state index contributed by atoms with van der Waals surface area (Å²) in [7, 11) is 1.77. The van der Waals surface area contributed by atoms with Gasteiger partial charge in [0.1, 0.15) is 0 Å². The molecule has 2 N–H and O–H groups in total. The summed E-state index contributed by atoms with van der Waals surface area (Å²) in [5, 5.41) is 0. The first-order chi connectivity index (χ1) is 5.72. The lowest BCUT2D eigenvalue weighted by molar-refractivity contribution is 0.139. The second-order valence-corrected chi connectivity index (χ2v) is 4.29. The number of rotatable bonds is 4. The van der Waals surface area contributed by atoms with Gasteiger partial charge in [-0.15, -0.1) is 0 Å². The highest BCUT2D eigenvalue weighted by molar-refractivity contribution is 4.88. The highest BCUT2D eigenvalue weighted by Gasteiger charge is 2.35. The summed E-state index contributed by atoms with van der Waals surface area (Å²) < 4.78 is 5.11. The Morgan fingerprint density at radius 2 is 2.33 bits per heavy atom. The molecule has 1 fully saturated rings. The first-order valence-electron chi connectivity index (χ1n) is 4.91. The molecule has 0 aromatic carbocycles. The molecule has 0 aromatic heterocycles. The molecule has 0 aromatic rings. The molecule has 0 bridgehead atoms. The average molecular weight is 171 g/mol. The third kappa shape index (κ3) is 2.20. The van der Waals surface area contributed by atoms with Crippen LogP contribution in [0, 0.1) is 11.3 Å². The van der Waals surface area contributed by atoms with E-state index < -0.39 is 0 Å². The first-order valence-corrected chi connectivity index (χ1v) is 4.91. The molecule has 0 aliphatic heterocycles. The summed E-state index contributed by atoms with van der Waals surface area (Å²) in [5.74, 6) is 0.866. The van der Waals surface area contributed by atoms with Crippen molar-refractivity contribution in [3.8, 4) is 0 Å². The minimum Gasteiger partial charge on any atom is -0.385 e. The lowest BCUT2D eigenvalue weighted by Gasteiger charge is -2.27. The maximum absolute atomic E-state index is 5.82. The number of ether oxygens (including phenoxy) is 1. The first kappa shape index (κ1) is 10.0. The van der Waals surface area contributed by atoms with E-state index >= 15 is 0 Å². The van der Waals surface area contributed by atoms with Crippen LogP contribution in [0.15, 0.2) is 0 Å². The van der Waals surface area contributed by atoms with Crippen LogP contribution in [-0.4, -0.2) is 20.3 Å². The van der Waals surface area contributed by atoms with Crippen LogP contribution >= 0.6 is 0 Å². The second kappa shape index (κ2) is 4.24. The largest absolute Gasteiger partial charge is 0.385 e. The smallest absolute Gasteiger partial charge is 0.0468 e. The summed E-state index contributed by atoms with van der Waals surface area (Å²) in [6, 6.07) is 0. The van der Waals surface area contributed by atoms with E-state index in [1.54, 1.807) is 7.11 Å². The number of hydrogen-bond donors (Lipinski definition) is 1. The second-order valence-electron chi connectivity index (χ2n) is 4.29. The molecule has 2 atom stereocenters. The van der Waals surface area contributed by atoms with Crippen LogP contribution in [0.1, 0.15) is 32.6 Å². The molecule has 12 heavy (non-hydrogen) atoms. The standard InChI is InChI=1S/C10H21NO/c1-9-3-4-10(7-9,8-11)5-6-12-2/h9H,3-8,11H2,1-2H3. The normalized spacial score (nSPS) is 35.8. The van der Waals surface area contributed by atoms with Crippen LogP contribution < -0.4 is 5.73 Å². The quantitative estimate of drug-likeness (QED) is 0.700. The van der Waals surface area contributed by atoms with Gasteiger partial charge in [-0.1, -0.05) is 13.3 Å². The van der Waals surface area contributed by atoms with E-state index in [-0.39, 0.29) is 0 Å². The van der Waals surface area contributed by atoms with Gasteiger partial charge in [-0.25, -0.2) is 0 Å². The van der Waals surface area contributed by atoms with Crippen molar-refractivity contribution >= 4 is 0 Å². The zero-order valence-corrected chi connectivity index (χ0v) is 8.31. The van der Waals surface area contributed by atoms with Gasteiger partial charge in [0.2, 0.25) is 0 Å². The molecule has 0 amide bonds. The zero-order valence-electron chi connectivity index (χ0n) is 8.31. The summed E-state index contributed by atoms with van der Waals surface area (Å²) in [4.78, 5) is 0. The van der Waals surface area contributed by atoms with Crippen molar-refractivity contribution in [3.05, 3.63) is 0 Å². The number of nitrogens with two attached hydrogens (primary N) is 1. The van der Waals surface area contributed by atoms with Gasteiger partial charge in [-0.3, -0.25) is 0 Å². The van der Waals surface area contributed by atoms with Crippen molar-refractivity contribution in [2.45, 2.75) is 32.6 Å². The van der Waals surface area contributed by atoms with Crippen molar-refractivity contribution in [1.29, 1.82) is 0 Å². The van der Waals surface area contributed by atoms with E-state index in [9.17, 15) is 0 Å². The predicted molar refractivity (Wildman–Crippen MR) is 51.0 cm³/mol. The lowest BCUT2D eigenvalue weighted by atomic mass is 9.82. The van der Waals surface area contributed by atoms with E-state index in [2.05, 4.69) is 6.92 Å². The van der Waals surface area contributed by atoms with Crippen LogP contribution in [0.3, 0.4) is 0 Å². The number of hydrogen-bond acceptors (Lipinski definition) is 2. The van der Waals surface area contributed by atoms with E-state index in [4.69, 9.17) is 10.5 Å². The summed E-state index contributed by atoms with van der Waals surface area (Å²) >= 11 is 0. The van der Waals surface area contributed by atoms with Crippen molar-refractivity contribution < 1.29 is 4.74 Å². The third-order valence-electron chi connectivity index (χ3n) is 3.22. The Morgan fingerprint density at radius 1 is 1.58 bits per heavy atom. The van der Waals surface area contributed by atoms with E-state index in [1.165, 1.54) is 19.3 Å². The van der Waals surface area contributed by atoms with Crippen LogP contribution in [0.4, 0.5) is 0 Å². The Labute approximate surface area is 75.5 Å². The van der Waals surface area contributed by atoms with Crippen molar-refractivity contribution in [2.24, 2.45) is 17.1 Å². The molecule has 2 nitrogen and oxygen atoms in total. The van der Waals surface area contributed by atoms with Crippen molar-refractivity contribution in [2.75, 3.05) is 20.3 Å². The highest BCUT2D eigenvalue weighted by Crippen LogP contribution is 2.43. The molecule has 2 heteroatoms. The van der Waals surface area contributed by atoms with Crippen LogP contribution in [0.25, 0.3) is 0 Å². The molecule has 1 rings (SSSR count). The fourth-order valence-electron chi connectivity index (χ4n) is 2.33. The summed E-state index contributed by atoms with van der Waals surface area (Å²) in [5.41, 5.74) is 6.23. The molecule has 0 saturated heterocycles. The number of methoxy groups -OCH3 is 1. The molecular formula is C10H21NO. The van der Waals surface area contributed by atoms with Gasteiger partial charge in [-0.2, -0.15) is 0 Å². The van der Waals surface area contributed by atoms with Gasteiger partial charge in [0.05, 0.1) is 0 Å². The molecule has 2 unspecified atom stereocenters. The van der Waals surface area contributed by atoms with E-state index in [0.717, 1.165) is 25.5 Å². The third-order valence-corrected chi connectivity index (χ3v) is 3.22. The van der Waals surface area contributed by atoms with Crippen molar-refractivity contribution in [1.82, 2.24) is 0 Å². The van der Waals surface area contributed by atoms with E-state index in [1.807, 2.05) is 0 Å². The molecule has 1 aliphatic rings. The summed E-state index contributed by atoms with van der Waals surface area (Å²) in [6.45, 7) is 4.02. The molecular weight excluding hydrogens is 150 g/mol. The Hall–Kier alpha value is -0.0800. The Morgan fingerprint density at radius 3 is 2.75 bits per heavy atom. The molecule has 1 aliphatic carbocycles. The lowest BCUT2D eigenvalue weighted by Crippen LogP contribution is -2.29. The van der Waals surface area contributed by atoms with Crippen LogP contribution in [0.5, 0.6) is 0 Å². The highest BCUT2D eigenvalue weighted by atomic mass is 16.5. The van der Waals surface area contributed by atoms with Crippen LogP contribution in [-0.2, 0) is 4.74 Å². The van der Waals surface area contributed by atoms with Gasteiger partial charge >= 0.3 is 0 Å². The van der Waals surface area contributed by atoms with E-state index in [0.29, 0.717) is 5.41 Å². The summed E-state index contributed by atoms with van der Waals surface area (Å²) in [6.07, 6.45) is 5.09. The van der Waals surface area contributed by atoms with Crippen molar-refractivity contribution in [3.63, 3.8) is 0 Å². The van der Waals surface area contributed by atoms with Gasteiger partial charge in [0.15, 0.2) is 0 Å². The Bertz CT molecular complexity index is 138.